The van der Waals surface area contributed by atoms with Crippen molar-refractivity contribution in [3.8, 4) is 5.75 Å². The van der Waals surface area contributed by atoms with Crippen LogP contribution in [0.4, 0.5) is 4.39 Å². The summed E-state index contributed by atoms with van der Waals surface area (Å²) < 4.78 is 20.1. The highest BCUT2D eigenvalue weighted by atomic mass is 19.1. The van der Waals surface area contributed by atoms with Gasteiger partial charge in [0.05, 0.1) is 11.8 Å². The fraction of sp³-hybridized carbons (Fsp3) is 0.167. The summed E-state index contributed by atoms with van der Waals surface area (Å²) in [5.41, 5.74) is 4.13. The van der Waals surface area contributed by atoms with Gasteiger partial charge in [0.2, 0.25) is 0 Å². The number of hydrogen-bond donors (Lipinski definition) is 2. The second-order valence-electron chi connectivity index (χ2n) is 8.88. The van der Waals surface area contributed by atoms with Crippen LogP contribution in [0.2, 0.25) is 0 Å². The predicted molar refractivity (Wildman–Crippen MR) is 143 cm³/mol. The average molecular weight is 498 g/mol. The van der Waals surface area contributed by atoms with Crippen molar-refractivity contribution >= 4 is 28.8 Å². The summed E-state index contributed by atoms with van der Waals surface area (Å²) in [6, 6.07) is 26.2. The molecule has 4 rings (SSSR count). The van der Waals surface area contributed by atoms with E-state index in [-0.39, 0.29) is 11.5 Å². The summed E-state index contributed by atoms with van der Waals surface area (Å²) in [6.45, 7) is 3.95. The smallest absolute Gasteiger partial charge is 0.262 e. The van der Waals surface area contributed by atoms with Crippen LogP contribution in [0.5, 0.6) is 5.75 Å². The van der Waals surface area contributed by atoms with Gasteiger partial charge in [0.15, 0.2) is 0 Å². The fourth-order valence-corrected chi connectivity index (χ4v) is 3.90. The summed E-state index contributed by atoms with van der Waals surface area (Å²) in [7, 11) is 0. The molecule has 7 heteroatoms. The van der Waals surface area contributed by atoms with Crippen molar-refractivity contribution in [1.29, 1.82) is 0 Å². The van der Waals surface area contributed by atoms with E-state index in [1.165, 1.54) is 24.4 Å². The van der Waals surface area contributed by atoms with E-state index in [9.17, 15) is 14.0 Å². The van der Waals surface area contributed by atoms with Gasteiger partial charge in [-0.15, -0.1) is 0 Å². The van der Waals surface area contributed by atoms with Gasteiger partial charge in [0.1, 0.15) is 24.2 Å². The Labute approximate surface area is 215 Å². The molecule has 0 saturated heterocycles. The third-order valence-electron chi connectivity index (χ3n) is 5.89. The van der Waals surface area contributed by atoms with Gasteiger partial charge >= 0.3 is 0 Å². The molecule has 0 bridgehead atoms. The number of fused-ring (bicyclic) bond motifs is 1. The first-order valence-corrected chi connectivity index (χ1v) is 12.0. The van der Waals surface area contributed by atoms with E-state index in [1.54, 1.807) is 19.9 Å². The van der Waals surface area contributed by atoms with Crippen molar-refractivity contribution in [3.05, 3.63) is 114 Å². The minimum absolute atomic E-state index is 0.125. The molecule has 0 aromatic heterocycles. The number of hydrazone groups is 1. The lowest BCUT2D eigenvalue weighted by Gasteiger charge is -2.20. The van der Waals surface area contributed by atoms with E-state index in [0.717, 1.165) is 16.3 Å². The summed E-state index contributed by atoms with van der Waals surface area (Å²) in [4.78, 5) is 25.5. The highest BCUT2D eigenvalue weighted by molar-refractivity contribution is 6.03. The van der Waals surface area contributed by atoms with Crippen LogP contribution in [0.3, 0.4) is 0 Å². The lowest BCUT2D eigenvalue weighted by atomic mass is 10.0. The molecule has 4 aromatic carbocycles. The van der Waals surface area contributed by atoms with Crippen molar-refractivity contribution < 1.29 is 18.7 Å². The molecular weight excluding hydrogens is 469 g/mol. The number of nitrogens with zero attached hydrogens (tertiary/aromatic N) is 1. The highest BCUT2D eigenvalue weighted by Crippen LogP contribution is 2.27. The number of amides is 2. The number of ether oxygens (including phenoxy) is 1. The van der Waals surface area contributed by atoms with Crippen molar-refractivity contribution in [2.75, 3.05) is 0 Å². The predicted octanol–water partition coefficient (Wildman–Crippen LogP) is 5.46. The van der Waals surface area contributed by atoms with Gasteiger partial charge in [-0.3, -0.25) is 9.59 Å². The zero-order valence-corrected chi connectivity index (χ0v) is 20.6. The molecule has 37 heavy (non-hydrogen) atoms. The maximum Gasteiger partial charge on any atom is 0.262 e. The molecule has 0 radical (unpaired) electrons. The number of benzene rings is 4. The van der Waals surface area contributed by atoms with Gasteiger partial charge in [-0.1, -0.05) is 86.6 Å². The van der Waals surface area contributed by atoms with E-state index in [1.807, 2.05) is 66.7 Å². The highest BCUT2D eigenvalue weighted by Gasteiger charge is 2.25. The minimum atomic E-state index is -0.912. The Hall–Kier alpha value is -4.52. The van der Waals surface area contributed by atoms with Crippen LogP contribution in [-0.2, 0) is 11.4 Å². The minimum Gasteiger partial charge on any atom is -0.488 e. The molecular formula is C30H28FN3O3. The molecule has 2 amide bonds. The van der Waals surface area contributed by atoms with Gasteiger partial charge in [-0.25, -0.2) is 9.82 Å². The SMILES string of the molecule is CC(C)C(NC(=O)c1ccccc1F)C(=O)N/N=C/c1c(OCc2ccccc2)ccc2ccccc12. The molecule has 2 N–H and O–H groups in total. The summed E-state index contributed by atoms with van der Waals surface area (Å²) in [5.74, 6) is -1.47. The molecule has 0 aliphatic heterocycles. The first kappa shape index (κ1) is 25.6. The Morgan fingerprint density at radius 2 is 1.62 bits per heavy atom. The molecule has 0 heterocycles. The van der Waals surface area contributed by atoms with Crippen molar-refractivity contribution in [1.82, 2.24) is 10.7 Å². The molecule has 0 saturated carbocycles. The van der Waals surface area contributed by atoms with Gasteiger partial charge in [-0.05, 0) is 40.5 Å². The number of halogens is 1. The van der Waals surface area contributed by atoms with Crippen molar-refractivity contribution in [2.24, 2.45) is 11.0 Å². The zero-order valence-electron chi connectivity index (χ0n) is 20.6. The Morgan fingerprint density at radius 1 is 0.919 bits per heavy atom. The summed E-state index contributed by atoms with van der Waals surface area (Å²) in [6.07, 6.45) is 1.54. The first-order valence-electron chi connectivity index (χ1n) is 12.0. The molecule has 1 atom stereocenters. The summed E-state index contributed by atoms with van der Waals surface area (Å²) in [5, 5.41) is 8.71. The third kappa shape index (κ3) is 6.38. The van der Waals surface area contributed by atoms with Crippen LogP contribution in [0.15, 0.2) is 96.1 Å². The Bertz CT molecular complexity index is 1420. The summed E-state index contributed by atoms with van der Waals surface area (Å²) >= 11 is 0. The zero-order chi connectivity index (χ0) is 26.2. The second-order valence-corrected chi connectivity index (χ2v) is 8.88. The Kier molecular flexibility index (Phi) is 8.26. The van der Waals surface area contributed by atoms with E-state index in [4.69, 9.17) is 4.74 Å². The molecule has 0 spiro atoms. The van der Waals surface area contributed by atoms with Crippen LogP contribution < -0.4 is 15.5 Å². The van der Waals surface area contributed by atoms with Crippen LogP contribution in [-0.4, -0.2) is 24.1 Å². The average Bonchev–Trinajstić information content (AvgIpc) is 2.91. The van der Waals surface area contributed by atoms with Crippen molar-refractivity contribution in [2.45, 2.75) is 26.5 Å². The Balaban J connectivity index is 1.52. The number of rotatable bonds is 9. The van der Waals surface area contributed by atoms with Gasteiger partial charge in [0, 0.05) is 5.56 Å². The Morgan fingerprint density at radius 3 is 2.38 bits per heavy atom. The lowest BCUT2D eigenvalue weighted by Crippen LogP contribution is -2.48. The maximum absolute atomic E-state index is 14.0. The van der Waals surface area contributed by atoms with Crippen LogP contribution >= 0.6 is 0 Å². The fourth-order valence-electron chi connectivity index (χ4n) is 3.90. The standard InChI is InChI=1S/C30H28FN3O3/c1-20(2)28(33-29(35)24-14-8-9-15-26(24)31)30(36)34-32-18-25-23-13-7-6-12-22(23)16-17-27(25)37-19-21-10-4-3-5-11-21/h3-18,20,28H,19H2,1-2H3,(H,33,35)(H,34,36)/b32-18+. The second kappa shape index (κ2) is 11.9. The molecule has 6 nitrogen and oxygen atoms in total. The largest absolute Gasteiger partial charge is 0.488 e. The number of carbonyl (C=O) groups is 2. The lowest BCUT2D eigenvalue weighted by molar-refractivity contribution is -0.123. The van der Waals surface area contributed by atoms with Crippen LogP contribution in [0.1, 0.15) is 35.3 Å². The molecule has 1 unspecified atom stereocenters. The van der Waals surface area contributed by atoms with Gasteiger partial charge in [-0.2, -0.15) is 5.10 Å². The quantitative estimate of drug-likeness (QED) is 0.238. The van der Waals surface area contributed by atoms with E-state index >= 15 is 0 Å². The molecule has 4 aromatic rings. The number of hydrogen-bond acceptors (Lipinski definition) is 4. The van der Waals surface area contributed by atoms with Gasteiger partial charge < -0.3 is 10.1 Å². The third-order valence-corrected chi connectivity index (χ3v) is 5.89. The molecule has 0 aliphatic rings. The van der Waals surface area contributed by atoms with Crippen LogP contribution in [0.25, 0.3) is 10.8 Å². The topological polar surface area (TPSA) is 79.8 Å². The number of carbonyl (C=O) groups excluding carboxylic acids is 2. The van der Waals surface area contributed by atoms with Crippen LogP contribution in [0, 0.1) is 11.7 Å². The monoisotopic (exact) mass is 497 g/mol. The first-order chi connectivity index (χ1) is 17.9. The van der Waals surface area contributed by atoms with E-state index < -0.39 is 23.7 Å². The van der Waals surface area contributed by atoms with Gasteiger partial charge in [0.25, 0.3) is 11.8 Å². The van der Waals surface area contributed by atoms with E-state index in [0.29, 0.717) is 17.9 Å². The maximum atomic E-state index is 14.0. The van der Waals surface area contributed by atoms with E-state index in [2.05, 4.69) is 15.8 Å². The molecule has 0 aliphatic carbocycles. The van der Waals surface area contributed by atoms with Crippen molar-refractivity contribution in [3.63, 3.8) is 0 Å². The normalized spacial score (nSPS) is 12.0. The number of nitrogens with one attached hydrogen (secondary N) is 2. The molecule has 188 valence electrons. The molecule has 0 fully saturated rings.